The van der Waals surface area contributed by atoms with Gasteiger partial charge in [-0.3, -0.25) is 9.78 Å². The second-order valence-electron chi connectivity index (χ2n) is 7.27. The third-order valence-electron chi connectivity index (χ3n) is 5.56. The number of carbonyl (C=O) groups is 1. The molecular weight excluding hydrogens is 359 g/mol. The maximum Gasteiger partial charge on any atom is 0.256 e. The molecular formula is C20H19FN6O. The van der Waals surface area contributed by atoms with Crippen molar-refractivity contribution in [2.75, 3.05) is 13.1 Å². The topological polar surface area (TPSA) is 75.9 Å². The minimum atomic E-state index is -0.330. The van der Waals surface area contributed by atoms with E-state index < -0.39 is 0 Å². The molecule has 0 radical (unpaired) electrons. The third kappa shape index (κ3) is 2.95. The van der Waals surface area contributed by atoms with Crippen LogP contribution in [-0.4, -0.2) is 49.9 Å². The zero-order chi connectivity index (χ0) is 19.1. The van der Waals surface area contributed by atoms with Crippen molar-refractivity contribution >= 4 is 5.91 Å². The number of rotatable bonds is 3. The van der Waals surface area contributed by atoms with Gasteiger partial charge in [0.1, 0.15) is 5.82 Å². The van der Waals surface area contributed by atoms with E-state index in [2.05, 4.69) is 20.5 Å². The number of nitrogens with one attached hydrogen (secondary N) is 1. The molecule has 2 aromatic heterocycles. The number of aromatic nitrogens is 4. The molecule has 0 spiro atoms. The van der Waals surface area contributed by atoms with Gasteiger partial charge in [-0.25, -0.2) is 4.39 Å². The molecule has 0 aliphatic carbocycles. The van der Waals surface area contributed by atoms with Gasteiger partial charge in [-0.15, -0.1) is 0 Å². The first-order chi connectivity index (χ1) is 13.7. The molecule has 0 saturated carbocycles. The second-order valence-corrected chi connectivity index (χ2v) is 7.27. The van der Waals surface area contributed by atoms with Crippen LogP contribution in [0.1, 0.15) is 28.5 Å². The maximum atomic E-state index is 13.2. The van der Waals surface area contributed by atoms with Crippen molar-refractivity contribution in [3.63, 3.8) is 0 Å². The number of likely N-dealkylation sites (tertiary alicyclic amines) is 1. The van der Waals surface area contributed by atoms with Crippen LogP contribution in [0.2, 0.25) is 0 Å². The molecule has 4 heterocycles. The average Bonchev–Trinajstić information content (AvgIpc) is 3.44. The lowest BCUT2D eigenvalue weighted by atomic mass is 10.0. The molecule has 2 fully saturated rings. The fourth-order valence-corrected chi connectivity index (χ4v) is 4.23. The van der Waals surface area contributed by atoms with Gasteiger partial charge in [-0.2, -0.15) is 15.0 Å². The maximum absolute atomic E-state index is 13.2. The Morgan fingerprint density at radius 3 is 2.68 bits per heavy atom. The van der Waals surface area contributed by atoms with E-state index in [0.717, 1.165) is 12.1 Å². The molecule has 3 aromatic rings. The standard InChI is InChI=1S/C20H19FN6O/c21-14-5-6-16(22-10-14)17-9-13-11-26(12-18(13)25-17)20(28)15-3-1-2-4-19(15)27-23-7-8-24-27/h1-8,10,13,17-18,25H,9,11-12H2. The predicted molar refractivity (Wildman–Crippen MR) is 99.2 cm³/mol. The highest BCUT2D eigenvalue weighted by Gasteiger charge is 2.43. The fraction of sp³-hybridized carbons (Fsp3) is 0.300. The Hall–Kier alpha value is -3.13. The molecule has 28 heavy (non-hydrogen) atoms. The first kappa shape index (κ1) is 17.0. The Kier molecular flexibility index (Phi) is 4.12. The summed E-state index contributed by atoms with van der Waals surface area (Å²) in [5.41, 5.74) is 2.12. The number of halogens is 1. The Labute approximate surface area is 161 Å². The van der Waals surface area contributed by atoms with E-state index in [4.69, 9.17) is 0 Å². The molecule has 3 unspecified atom stereocenters. The number of carbonyl (C=O) groups excluding carboxylic acids is 1. The van der Waals surface area contributed by atoms with E-state index in [1.165, 1.54) is 17.1 Å². The van der Waals surface area contributed by atoms with E-state index >= 15 is 0 Å². The van der Waals surface area contributed by atoms with Crippen LogP contribution in [0.3, 0.4) is 0 Å². The zero-order valence-electron chi connectivity index (χ0n) is 15.1. The van der Waals surface area contributed by atoms with Crippen molar-refractivity contribution in [2.24, 2.45) is 5.92 Å². The number of nitrogens with zero attached hydrogens (tertiary/aromatic N) is 5. The van der Waals surface area contributed by atoms with Crippen LogP contribution in [0.5, 0.6) is 0 Å². The zero-order valence-corrected chi connectivity index (χ0v) is 15.1. The number of benzene rings is 1. The van der Waals surface area contributed by atoms with E-state index in [9.17, 15) is 9.18 Å². The minimum Gasteiger partial charge on any atom is -0.337 e. The average molecular weight is 378 g/mol. The second kappa shape index (κ2) is 6.79. The number of fused-ring (bicyclic) bond motifs is 1. The third-order valence-corrected chi connectivity index (χ3v) is 5.56. The highest BCUT2D eigenvalue weighted by Crippen LogP contribution is 2.35. The summed E-state index contributed by atoms with van der Waals surface area (Å²) >= 11 is 0. The molecule has 0 bridgehead atoms. The van der Waals surface area contributed by atoms with Gasteiger partial charge in [0.2, 0.25) is 0 Å². The fourth-order valence-electron chi connectivity index (χ4n) is 4.23. The largest absolute Gasteiger partial charge is 0.337 e. The molecule has 7 nitrogen and oxygen atoms in total. The summed E-state index contributed by atoms with van der Waals surface area (Å²) in [6.07, 6.45) is 5.32. The van der Waals surface area contributed by atoms with Crippen molar-refractivity contribution in [1.29, 1.82) is 0 Å². The van der Waals surface area contributed by atoms with Gasteiger partial charge in [0.25, 0.3) is 5.91 Å². The summed E-state index contributed by atoms with van der Waals surface area (Å²) in [6.45, 7) is 1.33. The normalized spacial score (nSPS) is 23.8. The summed E-state index contributed by atoms with van der Waals surface area (Å²) in [7, 11) is 0. The van der Waals surface area contributed by atoms with Crippen molar-refractivity contribution in [3.8, 4) is 5.69 Å². The molecule has 142 valence electrons. The lowest BCUT2D eigenvalue weighted by Gasteiger charge is -2.21. The van der Waals surface area contributed by atoms with Crippen molar-refractivity contribution < 1.29 is 9.18 Å². The molecule has 2 aliphatic heterocycles. The number of pyridine rings is 1. The van der Waals surface area contributed by atoms with Crippen LogP contribution >= 0.6 is 0 Å². The van der Waals surface area contributed by atoms with E-state index in [0.29, 0.717) is 30.3 Å². The first-order valence-electron chi connectivity index (χ1n) is 9.31. The molecule has 1 N–H and O–H groups in total. The summed E-state index contributed by atoms with van der Waals surface area (Å²) in [6, 6.07) is 10.9. The van der Waals surface area contributed by atoms with Crippen LogP contribution in [0.15, 0.2) is 55.0 Å². The lowest BCUT2D eigenvalue weighted by molar-refractivity contribution is 0.0780. The van der Waals surface area contributed by atoms with Gasteiger partial charge in [0.05, 0.1) is 41.6 Å². The van der Waals surface area contributed by atoms with Gasteiger partial charge < -0.3 is 10.2 Å². The van der Waals surface area contributed by atoms with E-state index in [-0.39, 0.29) is 23.8 Å². The van der Waals surface area contributed by atoms with Crippen molar-refractivity contribution in [2.45, 2.75) is 18.5 Å². The summed E-state index contributed by atoms with van der Waals surface area (Å²) < 4.78 is 13.1. The summed E-state index contributed by atoms with van der Waals surface area (Å²) in [4.78, 5) is 20.7. The number of hydrogen-bond acceptors (Lipinski definition) is 5. The van der Waals surface area contributed by atoms with Crippen LogP contribution in [0.4, 0.5) is 4.39 Å². The molecule has 1 amide bonds. The highest BCUT2D eigenvalue weighted by molar-refractivity contribution is 5.98. The first-order valence-corrected chi connectivity index (χ1v) is 9.31. The summed E-state index contributed by atoms with van der Waals surface area (Å²) in [5, 5.41) is 11.9. The molecule has 2 saturated heterocycles. The smallest absolute Gasteiger partial charge is 0.256 e. The van der Waals surface area contributed by atoms with Gasteiger partial charge in [-0.05, 0) is 36.6 Å². The van der Waals surface area contributed by atoms with Crippen molar-refractivity contribution in [3.05, 3.63) is 72.1 Å². The Morgan fingerprint density at radius 1 is 1.11 bits per heavy atom. The highest BCUT2D eigenvalue weighted by atomic mass is 19.1. The molecule has 1 aromatic carbocycles. The molecule has 3 atom stereocenters. The number of amides is 1. The SMILES string of the molecule is O=C(c1ccccc1-n1nccn1)N1CC2CC(c3ccc(F)cn3)NC2C1. The van der Waals surface area contributed by atoms with Gasteiger partial charge in [0, 0.05) is 19.1 Å². The quantitative estimate of drug-likeness (QED) is 0.754. The molecule has 5 rings (SSSR count). The van der Waals surface area contributed by atoms with Gasteiger partial charge in [0.15, 0.2) is 0 Å². The number of hydrogen-bond donors (Lipinski definition) is 1. The van der Waals surface area contributed by atoms with Crippen molar-refractivity contribution in [1.82, 2.24) is 30.2 Å². The van der Waals surface area contributed by atoms with Crippen LogP contribution in [0.25, 0.3) is 5.69 Å². The monoisotopic (exact) mass is 378 g/mol. The Balaban J connectivity index is 1.31. The van der Waals surface area contributed by atoms with Gasteiger partial charge >= 0.3 is 0 Å². The van der Waals surface area contributed by atoms with Gasteiger partial charge in [-0.1, -0.05) is 12.1 Å². The van der Waals surface area contributed by atoms with E-state index in [1.807, 2.05) is 29.2 Å². The lowest BCUT2D eigenvalue weighted by Crippen LogP contribution is -2.35. The number of para-hydroxylation sites is 1. The van der Waals surface area contributed by atoms with Crippen LogP contribution < -0.4 is 5.32 Å². The minimum absolute atomic E-state index is 0.0134. The van der Waals surface area contributed by atoms with E-state index in [1.54, 1.807) is 18.5 Å². The van der Waals surface area contributed by atoms with Crippen LogP contribution in [-0.2, 0) is 0 Å². The predicted octanol–water partition coefficient (Wildman–Crippen LogP) is 1.98. The molecule has 2 aliphatic rings. The van der Waals surface area contributed by atoms with Crippen LogP contribution in [0, 0.1) is 11.7 Å². The molecule has 8 heteroatoms. The Bertz CT molecular complexity index is 976. The summed E-state index contributed by atoms with van der Waals surface area (Å²) in [5.74, 6) is 0.0143. The Morgan fingerprint density at radius 2 is 1.93 bits per heavy atom.